The zero-order valence-corrected chi connectivity index (χ0v) is 16.2. The Balaban J connectivity index is 0.00000264. The van der Waals surface area contributed by atoms with E-state index in [1.165, 1.54) is 5.39 Å². The van der Waals surface area contributed by atoms with Gasteiger partial charge in [0, 0.05) is 31.4 Å². The maximum absolute atomic E-state index is 11.9. The van der Waals surface area contributed by atoms with Crippen LogP contribution in [0.2, 0.25) is 0 Å². The van der Waals surface area contributed by atoms with Crippen LogP contribution in [0, 0.1) is 0 Å². The number of carbonyl (C=O) groups excluding carboxylic acids is 1. The molecule has 0 saturated heterocycles. The highest BCUT2D eigenvalue weighted by Gasteiger charge is 2.06. The van der Waals surface area contributed by atoms with Gasteiger partial charge in [-0.15, -0.1) is 24.8 Å². The summed E-state index contributed by atoms with van der Waals surface area (Å²) >= 11 is 0. The van der Waals surface area contributed by atoms with Gasteiger partial charge in [0.2, 0.25) is 5.91 Å². The van der Waals surface area contributed by atoms with E-state index in [-0.39, 0.29) is 30.7 Å². The third-order valence-electron chi connectivity index (χ3n) is 3.68. The molecule has 1 heterocycles. The van der Waals surface area contributed by atoms with Crippen molar-refractivity contribution in [3.63, 3.8) is 0 Å². The van der Waals surface area contributed by atoms with Gasteiger partial charge in [0.15, 0.2) is 0 Å². The molecule has 0 saturated carbocycles. The average Bonchev–Trinajstić information content (AvgIpc) is 2.88. The number of aromatic nitrogens is 1. The van der Waals surface area contributed by atoms with E-state index in [0.29, 0.717) is 6.42 Å². The molecule has 2 N–H and O–H groups in total. The minimum Gasteiger partial charge on any atom is -0.346 e. The summed E-state index contributed by atoms with van der Waals surface area (Å²) in [4.78, 5) is 14.1. The van der Waals surface area contributed by atoms with Crippen molar-refractivity contribution in [2.45, 2.75) is 19.4 Å². The molecule has 24 heavy (non-hydrogen) atoms. The molecule has 1 aromatic heterocycles. The van der Waals surface area contributed by atoms with Crippen molar-refractivity contribution in [3.05, 3.63) is 30.5 Å². The number of fused-ring (bicyclic) bond motifs is 1. The van der Waals surface area contributed by atoms with Crippen molar-refractivity contribution < 1.29 is 4.79 Å². The second-order valence-corrected chi connectivity index (χ2v) is 5.84. The van der Waals surface area contributed by atoms with Gasteiger partial charge in [0.1, 0.15) is 0 Å². The number of hydrogen-bond acceptors (Lipinski definition) is 3. The number of likely N-dealkylation sites (N-methyl/N-ethyl adjacent to an activating group) is 1. The quantitative estimate of drug-likeness (QED) is 0.698. The van der Waals surface area contributed by atoms with Crippen LogP contribution in [0.3, 0.4) is 0 Å². The molecule has 0 radical (unpaired) electrons. The Morgan fingerprint density at radius 1 is 1.21 bits per heavy atom. The minimum atomic E-state index is 0. The van der Waals surface area contributed by atoms with E-state index in [0.717, 1.165) is 37.3 Å². The van der Waals surface area contributed by atoms with Crippen molar-refractivity contribution in [2.24, 2.45) is 0 Å². The van der Waals surface area contributed by atoms with E-state index in [1.807, 2.05) is 13.1 Å². The van der Waals surface area contributed by atoms with Gasteiger partial charge in [-0.3, -0.25) is 4.79 Å². The number of nitrogens with zero attached hydrogens (tertiary/aromatic N) is 2. The van der Waals surface area contributed by atoms with Gasteiger partial charge in [-0.25, -0.2) is 0 Å². The van der Waals surface area contributed by atoms with Crippen molar-refractivity contribution in [1.82, 2.24) is 14.8 Å². The fourth-order valence-electron chi connectivity index (χ4n) is 2.41. The summed E-state index contributed by atoms with van der Waals surface area (Å²) in [7, 11) is 6.04. The molecule has 136 valence electrons. The molecule has 0 atom stereocenters. The van der Waals surface area contributed by atoms with Gasteiger partial charge in [-0.05, 0) is 57.7 Å². The van der Waals surface area contributed by atoms with Gasteiger partial charge in [0.25, 0.3) is 0 Å². The van der Waals surface area contributed by atoms with Crippen LogP contribution in [0.4, 0.5) is 5.69 Å². The summed E-state index contributed by atoms with van der Waals surface area (Å²) in [5, 5.41) is 7.24. The number of nitrogens with one attached hydrogen (secondary N) is 2. The van der Waals surface area contributed by atoms with E-state index in [9.17, 15) is 4.79 Å². The Bertz CT molecular complexity index is 628. The molecule has 7 heteroatoms. The molecule has 0 aliphatic carbocycles. The van der Waals surface area contributed by atoms with Crippen LogP contribution in [-0.4, -0.2) is 49.6 Å². The molecule has 0 fully saturated rings. The number of halogens is 2. The molecule has 1 amide bonds. The van der Waals surface area contributed by atoms with Crippen LogP contribution in [0.15, 0.2) is 30.5 Å². The van der Waals surface area contributed by atoms with Crippen LogP contribution in [0.5, 0.6) is 0 Å². The summed E-state index contributed by atoms with van der Waals surface area (Å²) in [6, 6.07) is 8.20. The number of carbonyl (C=O) groups is 1. The second-order valence-electron chi connectivity index (χ2n) is 5.84. The van der Waals surface area contributed by atoms with E-state index < -0.39 is 0 Å². The smallest absolute Gasteiger partial charge is 0.224 e. The van der Waals surface area contributed by atoms with E-state index >= 15 is 0 Å². The highest BCUT2D eigenvalue weighted by Crippen LogP contribution is 2.20. The lowest BCUT2D eigenvalue weighted by atomic mass is 10.2. The lowest BCUT2D eigenvalue weighted by molar-refractivity contribution is -0.116. The molecule has 0 bridgehead atoms. The fraction of sp³-hybridized carbons (Fsp3) is 0.471. The van der Waals surface area contributed by atoms with Gasteiger partial charge >= 0.3 is 0 Å². The number of anilines is 1. The maximum atomic E-state index is 11.9. The van der Waals surface area contributed by atoms with Crippen molar-refractivity contribution >= 4 is 47.3 Å². The lowest BCUT2D eigenvalue weighted by Crippen LogP contribution is -2.18. The van der Waals surface area contributed by atoms with Gasteiger partial charge in [0.05, 0.1) is 5.52 Å². The molecule has 0 spiro atoms. The zero-order chi connectivity index (χ0) is 15.9. The Labute approximate surface area is 156 Å². The van der Waals surface area contributed by atoms with Crippen LogP contribution in [0.25, 0.3) is 10.9 Å². The molecule has 0 aliphatic heterocycles. The first kappa shape index (κ1) is 22.7. The Kier molecular flexibility index (Phi) is 10.7. The average molecular weight is 375 g/mol. The summed E-state index contributed by atoms with van der Waals surface area (Å²) in [6.07, 6.45) is 3.50. The summed E-state index contributed by atoms with van der Waals surface area (Å²) in [6.45, 7) is 2.79. The molecule has 2 rings (SSSR count). The fourth-order valence-corrected chi connectivity index (χ4v) is 2.41. The van der Waals surface area contributed by atoms with E-state index in [2.05, 4.69) is 58.6 Å². The zero-order valence-electron chi connectivity index (χ0n) is 14.5. The van der Waals surface area contributed by atoms with Crippen molar-refractivity contribution in [1.29, 1.82) is 0 Å². The Morgan fingerprint density at radius 3 is 2.62 bits per heavy atom. The highest BCUT2D eigenvalue weighted by atomic mass is 35.5. The third-order valence-corrected chi connectivity index (χ3v) is 3.68. The first-order chi connectivity index (χ1) is 10.6. The van der Waals surface area contributed by atoms with Crippen LogP contribution < -0.4 is 10.6 Å². The van der Waals surface area contributed by atoms with Gasteiger partial charge in [-0.2, -0.15) is 0 Å². The molecular formula is C17H28Cl2N4O. The van der Waals surface area contributed by atoms with Crippen molar-refractivity contribution in [2.75, 3.05) is 39.5 Å². The van der Waals surface area contributed by atoms with Crippen LogP contribution in [0.1, 0.15) is 12.8 Å². The molecule has 2 aromatic rings. The number of rotatable bonds is 8. The minimum absolute atomic E-state index is 0. The molecule has 5 nitrogen and oxygen atoms in total. The molecule has 0 unspecified atom stereocenters. The van der Waals surface area contributed by atoms with Crippen LogP contribution >= 0.6 is 24.8 Å². The monoisotopic (exact) mass is 374 g/mol. The highest BCUT2D eigenvalue weighted by molar-refractivity contribution is 5.93. The second kappa shape index (κ2) is 11.3. The normalized spacial score (nSPS) is 10.3. The Morgan fingerprint density at radius 2 is 1.96 bits per heavy atom. The molecular weight excluding hydrogens is 347 g/mol. The predicted molar refractivity (Wildman–Crippen MR) is 107 cm³/mol. The lowest BCUT2D eigenvalue weighted by Gasteiger charge is -2.12. The summed E-state index contributed by atoms with van der Waals surface area (Å²) < 4.78 is 2.23. The summed E-state index contributed by atoms with van der Waals surface area (Å²) in [5.74, 6) is 0.0704. The SMILES string of the molecule is CNCCCC(=O)Nc1ccc2ccn(CCN(C)C)c2c1.Cl.Cl. The van der Waals surface area contributed by atoms with Crippen LogP contribution in [-0.2, 0) is 11.3 Å². The van der Waals surface area contributed by atoms with E-state index in [1.54, 1.807) is 0 Å². The Hall–Kier alpha value is -1.27. The number of amides is 1. The largest absolute Gasteiger partial charge is 0.346 e. The summed E-state index contributed by atoms with van der Waals surface area (Å²) in [5.41, 5.74) is 2.03. The molecule has 1 aromatic carbocycles. The van der Waals surface area contributed by atoms with E-state index in [4.69, 9.17) is 0 Å². The van der Waals surface area contributed by atoms with Gasteiger partial charge < -0.3 is 20.1 Å². The predicted octanol–water partition coefficient (Wildman–Crippen LogP) is 2.98. The van der Waals surface area contributed by atoms with Gasteiger partial charge in [-0.1, -0.05) is 6.07 Å². The maximum Gasteiger partial charge on any atom is 0.224 e. The molecule has 0 aliphatic rings. The topological polar surface area (TPSA) is 49.3 Å². The third kappa shape index (κ3) is 6.69. The standard InChI is InChI=1S/C17H26N4O.2ClH/c1-18-9-4-5-17(22)19-15-7-6-14-8-10-21(16(14)13-15)12-11-20(2)3;;/h6-8,10,13,18H,4-5,9,11-12H2,1-3H3,(H,19,22);2*1H. The number of benzene rings is 1. The first-order valence-electron chi connectivity index (χ1n) is 7.78. The number of hydrogen-bond donors (Lipinski definition) is 2. The first-order valence-corrected chi connectivity index (χ1v) is 7.78. The van der Waals surface area contributed by atoms with Crippen molar-refractivity contribution in [3.8, 4) is 0 Å².